The van der Waals surface area contributed by atoms with Crippen molar-refractivity contribution in [3.63, 3.8) is 0 Å². The van der Waals surface area contributed by atoms with E-state index in [1.165, 1.54) is 12.1 Å². The van der Waals surface area contributed by atoms with Crippen LogP contribution < -0.4 is 24.8 Å². The van der Waals surface area contributed by atoms with Gasteiger partial charge < -0.3 is 24.8 Å². The van der Waals surface area contributed by atoms with Crippen LogP contribution in [0.5, 0.6) is 17.2 Å². The Labute approximate surface area is 186 Å². The van der Waals surface area contributed by atoms with Gasteiger partial charge in [-0.15, -0.1) is 0 Å². The van der Waals surface area contributed by atoms with E-state index in [-0.39, 0.29) is 24.7 Å². The summed E-state index contributed by atoms with van der Waals surface area (Å²) in [4.78, 5) is 12.6. The van der Waals surface area contributed by atoms with Gasteiger partial charge in [-0.2, -0.15) is 0 Å². The number of carbonyl (C=O) groups excluding carboxylic acids is 1. The van der Waals surface area contributed by atoms with E-state index in [1.54, 1.807) is 19.2 Å². The molecule has 166 valence electrons. The second-order valence-corrected chi connectivity index (χ2v) is 7.60. The molecule has 2 amide bonds. The Hall–Kier alpha value is -3.74. The Morgan fingerprint density at radius 3 is 2.53 bits per heavy atom. The van der Waals surface area contributed by atoms with Crippen molar-refractivity contribution >= 4 is 6.03 Å². The van der Waals surface area contributed by atoms with Crippen LogP contribution in [0.15, 0.2) is 66.7 Å². The van der Waals surface area contributed by atoms with E-state index in [1.807, 2.05) is 42.5 Å². The molecule has 0 saturated heterocycles. The van der Waals surface area contributed by atoms with Gasteiger partial charge >= 0.3 is 6.03 Å². The number of carbonyl (C=O) groups is 1. The van der Waals surface area contributed by atoms with Crippen molar-refractivity contribution in [2.24, 2.45) is 0 Å². The monoisotopic (exact) mass is 436 g/mol. The van der Waals surface area contributed by atoms with Crippen LogP contribution in [0.4, 0.5) is 9.18 Å². The number of halogens is 1. The standard InChI is InChI=1S/C25H25FN2O4/c1-30-22-4-2-3-19(13-22)15-27-25(29)28-21(11-17-5-8-20(26)9-6-17)12-18-7-10-23-24(14-18)32-16-31-23/h2-10,13-14,21H,11-12,15-16H2,1H3,(H2,27,28,29)/t21-/m1/s1. The molecule has 3 aromatic rings. The molecule has 4 rings (SSSR count). The van der Waals surface area contributed by atoms with Crippen LogP contribution in [0.1, 0.15) is 16.7 Å². The van der Waals surface area contributed by atoms with Gasteiger partial charge in [-0.3, -0.25) is 0 Å². The van der Waals surface area contributed by atoms with Gasteiger partial charge in [0.25, 0.3) is 0 Å². The highest BCUT2D eigenvalue weighted by atomic mass is 19.1. The average Bonchev–Trinajstić information content (AvgIpc) is 3.27. The topological polar surface area (TPSA) is 68.8 Å². The summed E-state index contributed by atoms with van der Waals surface area (Å²) in [6.07, 6.45) is 1.14. The zero-order chi connectivity index (χ0) is 22.3. The molecule has 3 aromatic carbocycles. The molecule has 0 aromatic heterocycles. The van der Waals surface area contributed by atoms with E-state index >= 15 is 0 Å². The highest BCUT2D eigenvalue weighted by molar-refractivity contribution is 5.74. The minimum atomic E-state index is -0.287. The fraction of sp³-hybridized carbons (Fsp3) is 0.240. The van der Waals surface area contributed by atoms with Crippen molar-refractivity contribution in [2.75, 3.05) is 13.9 Å². The van der Waals surface area contributed by atoms with Crippen LogP contribution in [-0.2, 0) is 19.4 Å². The molecular weight excluding hydrogens is 411 g/mol. The maximum atomic E-state index is 13.3. The lowest BCUT2D eigenvalue weighted by molar-refractivity contribution is 0.174. The molecule has 0 spiro atoms. The van der Waals surface area contributed by atoms with Crippen LogP contribution in [0.25, 0.3) is 0 Å². The largest absolute Gasteiger partial charge is 0.497 e. The van der Waals surface area contributed by atoms with E-state index in [0.29, 0.717) is 30.9 Å². The summed E-state index contributed by atoms with van der Waals surface area (Å²) in [6, 6.07) is 19.1. The summed E-state index contributed by atoms with van der Waals surface area (Å²) < 4.78 is 29.4. The van der Waals surface area contributed by atoms with Gasteiger partial charge in [0.15, 0.2) is 11.5 Å². The lowest BCUT2D eigenvalue weighted by Gasteiger charge is -2.20. The molecular formula is C25H25FN2O4. The molecule has 7 heteroatoms. The number of hydrogen-bond acceptors (Lipinski definition) is 4. The first-order valence-electron chi connectivity index (χ1n) is 10.4. The van der Waals surface area contributed by atoms with E-state index < -0.39 is 0 Å². The number of methoxy groups -OCH3 is 1. The van der Waals surface area contributed by atoms with Crippen LogP contribution in [-0.4, -0.2) is 26.0 Å². The number of amides is 2. The second-order valence-electron chi connectivity index (χ2n) is 7.60. The Bertz CT molecular complexity index is 1070. The average molecular weight is 436 g/mol. The van der Waals surface area contributed by atoms with Crippen LogP contribution >= 0.6 is 0 Å². The Kier molecular flexibility index (Phi) is 6.75. The molecule has 0 aliphatic carbocycles. The third-order valence-electron chi connectivity index (χ3n) is 5.24. The molecule has 32 heavy (non-hydrogen) atoms. The Morgan fingerprint density at radius 2 is 1.72 bits per heavy atom. The number of ether oxygens (including phenoxy) is 3. The minimum Gasteiger partial charge on any atom is -0.497 e. The van der Waals surface area contributed by atoms with Gasteiger partial charge in [-0.25, -0.2) is 9.18 Å². The van der Waals surface area contributed by atoms with Crippen LogP contribution in [0.3, 0.4) is 0 Å². The lowest BCUT2D eigenvalue weighted by atomic mass is 9.98. The third-order valence-corrected chi connectivity index (χ3v) is 5.24. The predicted octanol–water partition coefficient (Wildman–Crippen LogP) is 4.22. The van der Waals surface area contributed by atoms with Crippen molar-refractivity contribution in [1.82, 2.24) is 10.6 Å². The van der Waals surface area contributed by atoms with Gasteiger partial charge in [0, 0.05) is 12.6 Å². The first kappa shape index (κ1) is 21.5. The number of hydrogen-bond donors (Lipinski definition) is 2. The molecule has 2 N–H and O–H groups in total. The first-order chi connectivity index (χ1) is 15.6. The van der Waals surface area contributed by atoms with E-state index in [9.17, 15) is 9.18 Å². The Morgan fingerprint density at radius 1 is 0.969 bits per heavy atom. The van der Waals surface area contributed by atoms with Gasteiger partial charge in [-0.1, -0.05) is 30.3 Å². The maximum Gasteiger partial charge on any atom is 0.315 e. The molecule has 1 aliphatic rings. The number of nitrogens with one attached hydrogen (secondary N) is 2. The minimum absolute atomic E-state index is 0.203. The van der Waals surface area contributed by atoms with Gasteiger partial charge in [-0.05, 0) is 65.9 Å². The SMILES string of the molecule is COc1cccc(CNC(=O)N[C@H](Cc2ccc(F)cc2)Cc2ccc3c(c2)OCO3)c1. The molecule has 0 bridgehead atoms. The third kappa shape index (κ3) is 5.69. The van der Waals surface area contributed by atoms with Crippen molar-refractivity contribution in [1.29, 1.82) is 0 Å². The first-order valence-corrected chi connectivity index (χ1v) is 10.4. The van der Waals surface area contributed by atoms with Crippen molar-refractivity contribution < 1.29 is 23.4 Å². The fourth-order valence-electron chi connectivity index (χ4n) is 3.63. The summed E-state index contributed by atoms with van der Waals surface area (Å²) in [5.41, 5.74) is 2.88. The second kappa shape index (κ2) is 10.0. The summed E-state index contributed by atoms with van der Waals surface area (Å²) in [5.74, 6) is 1.87. The summed E-state index contributed by atoms with van der Waals surface area (Å²) in [7, 11) is 1.61. The maximum absolute atomic E-state index is 13.3. The van der Waals surface area contributed by atoms with Gasteiger partial charge in [0.05, 0.1) is 7.11 Å². The molecule has 0 unspecified atom stereocenters. The van der Waals surface area contributed by atoms with E-state index in [2.05, 4.69) is 10.6 Å². The number of urea groups is 1. The quantitative estimate of drug-likeness (QED) is 0.555. The van der Waals surface area contributed by atoms with Gasteiger partial charge in [0.1, 0.15) is 11.6 Å². The highest BCUT2D eigenvalue weighted by Gasteiger charge is 2.18. The molecule has 0 fully saturated rings. The van der Waals surface area contributed by atoms with Crippen molar-refractivity contribution in [2.45, 2.75) is 25.4 Å². The number of rotatable bonds is 8. The van der Waals surface area contributed by atoms with Gasteiger partial charge in [0.2, 0.25) is 6.79 Å². The number of benzene rings is 3. The molecule has 0 radical (unpaired) electrons. The summed E-state index contributed by atoms with van der Waals surface area (Å²) >= 11 is 0. The van der Waals surface area contributed by atoms with Crippen molar-refractivity contribution in [3.8, 4) is 17.2 Å². The van der Waals surface area contributed by atoms with Crippen LogP contribution in [0, 0.1) is 5.82 Å². The predicted molar refractivity (Wildman–Crippen MR) is 119 cm³/mol. The lowest BCUT2D eigenvalue weighted by Crippen LogP contribution is -2.44. The Balaban J connectivity index is 1.42. The zero-order valence-electron chi connectivity index (χ0n) is 17.8. The zero-order valence-corrected chi connectivity index (χ0v) is 17.8. The summed E-state index contributed by atoms with van der Waals surface area (Å²) in [5, 5.41) is 5.94. The summed E-state index contributed by atoms with van der Waals surface area (Å²) in [6.45, 7) is 0.582. The van der Waals surface area contributed by atoms with E-state index in [4.69, 9.17) is 14.2 Å². The molecule has 0 saturated carbocycles. The fourth-order valence-corrected chi connectivity index (χ4v) is 3.63. The van der Waals surface area contributed by atoms with Crippen molar-refractivity contribution in [3.05, 3.63) is 89.2 Å². The smallest absolute Gasteiger partial charge is 0.315 e. The number of fused-ring (bicyclic) bond motifs is 1. The van der Waals surface area contributed by atoms with Crippen LogP contribution in [0.2, 0.25) is 0 Å². The molecule has 1 heterocycles. The highest BCUT2D eigenvalue weighted by Crippen LogP contribution is 2.32. The normalized spacial score (nSPS) is 12.8. The van der Waals surface area contributed by atoms with E-state index in [0.717, 1.165) is 22.4 Å². The molecule has 6 nitrogen and oxygen atoms in total. The molecule has 1 aliphatic heterocycles. The molecule has 1 atom stereocenters.